The number of aromatic nitrogens is 1. The van der Waals surface area contributed by atoms with E-state index < -0.39 is 0 Å². The van der Waals surface area contributed by atoms with Gasteiger partial charge in [-0.2, -0.15) is 0 Å². The lowest BCUT2D eigenvalue weighted by atomic mass is 10.4. The molecule has 2 amide bonds. The number of hydrogen-bond acceptors (Lipinski definition) is 5. The summed E-state index contributed by atoms with van der Waals surface area (Å²) >= 11 is 1.32. The molecule has 1 heterocycles. The van der Waals surface area contributed by atoms with Crippen LogP contribution in [0.2, 0.25) is 0 Å². The van der Waals surface area contributed by atoms with Gasteiger partial charge in [0, 0.05) is 19.0 Å². The van der Waals surface area contributed by atoms with E-state index in [1.54, 1.807) is 5.38 Å². The Morgan fingerprint density at radius 1 is 1.60 bits per heavy atom. The molecule has 0 unspecified atom stereocenters. The molecule has 82 valence electrons. The molecule has 0 saturated carbocycles. The Bertz CT molecular complexity index is 363. The minimum atomic E-state index is -0.366. The van der Waals surface area contributed by atoms with Crippen LogP contribution in [0.4, 0.5) is 0 Å². The number of amides is 2. The van der Waals surface area contributed by atoms with E-state index in [0.29, 0.717) is 17.2 Å². The average Bonchev–Trinajstić information content (AvgIpc) is 2.73. The summed E-state index contributed by atoms with van der Waals surface area (Å²) in [4.78, 5) is 26.2. The lowest BCUT2D eigenvalue weighted by Crippen LogP contribution is -2.35. The number of thiazole rings is 1. The highest BCUT2D eigenvalue weighted by Gasteiger charge is 2.10. The molecule has 0 aliphatic rings. The van der Waals surface area contributed by atoms with Crippen molar-refractivity contribution in [1.82, 2.24) is 15.6 Å². The number of nitrogens with zero attached hydrogens (tertiary/aromatic N) is 1. The van der Waals surface area contributed by atoms with Crippen molar-refractivity contribution in [2.75, 3.05) is 13.6 Å². The molecule has 15 heavy (non-hydrogen) atoms. The van der Waals surface area contributed by atoms with Gasteiger partial charge in [-0.05, 0) is 0 Å². The van der Waals surface area contributed by atoms with Crippen LogP contribution in [0.3, 0.4) is 0 Å². The third kappa shape index (κ3) is 3.30. The monoisotopic (exact) mass is 228 g/mol. The van der Waals surface area contributed by atoms with E-state index in [1.807, 2.05) is 0 Å². The minimum absolute atomic E-state index is 0.0508. The molecule has 4 N–H and O–H groups in total. The largest absolute Gasteiger partial charge is 0.358 e. The fraction of sp³-hybridized carbons (Fsp3) is 0.375. The molecule has 6 nitrogen and oxygen atoms in total. The van der Waals surface area contributed by atoms with Crippen LogP contribution in [0.1, 0.15) is 15.5 Å². The van der Waals surface area contributed by atoms with Crippen molar-refractivity contribution in [3.8, 4) is 0 Å². The van der Waals surface area contributed by atoms with E-state index in [2.05, 4.69) is 15.6 Å². The van der Waals surface area contributed by atoms with Gasteiger partial charge >= 0.3 is 0 Å². The molecule has 1 aromatic heterocycles. The predicted octanol–water partition coefficient (Wildman–Crippen LogP) is -0.922. The summed E-state index contributed by atoms with van der Waals surface area (Å²) in [5.41, 5.74) is 5.65. The van der Waals surface area contributed by atoms with Crippen molar-refractivity contribution in [2.45, 2.75) is 6.54 Å². The van der Waals surface area contributed by atoms with Gasteiger partial charge in [-0.1, -0.05) is 0 Å². The molecule has 0 bridgehead atoms. The van der Waals surface area contributed by atoms with Gasteiger partial charge in [0.15, 0.2) is 0 Å². The van der Waals surface area contributed by atoms with Crippen LogP contribution in [0.5, 0.6) is 0 Å². The van der Waals surface area contributed by atoms with Gasteiger partial charge in [0.2, 0.25) is 5.91 Å². The summed E-state index contributed by atoms with van der Waals surface area (Å²) in [6, 6.07) is 0. The molecule has 0 aromatic carbocycles. The number of nitrogens with one attached hydrogen (secondary N) is 2. The van der Waals surface area contributed by atoms with Gasteiger partial charge in [0.05, 0.1) is 6.54 Å². The first kappa shape index (κ1) is 11.6. The molecule has 0 spiro atoms. The molecule has 0 aliphatic carbocycles. The summed E-state index contributed by atoms with van der Waals surface area (Å²) in [5, 5.41) is 7.14. The van der Waals surface area contributed by atoms with Crippen LogP contribution in [0.25, 0.3) is 0 Å². The molecule has 0 saturated heterocycles. The lowest BCUT2D eigenvalue weighted by Gasteiger charge is -2.00. The van der Waals surface area contributed by atoms with E-state index in [0.717, 1.165) is 0 Å². The van der Waals surface area contributed by atoms with Crippen molar-refractivity contribution >= 4 is 23.2 Å². The zero-order valence-electron chi connectivity index (χ0n) is 8.24. The Balaban J connectivity index is 2.50. The first-order chi connectivity index (χ1) is 7.17. The lowest BCUT2D eigenvalue weighted by molar-refractivity contribution is -0.119. The number of hydrogen-bond donors (Lipinski definition) is 3. The Hall–Kier alpha value is -1.47. The summed E-state index contributed by atoms with van der Waals surface area (Å²) < 4.78 is 0. The Kier molecular flexibility index (Phi) is 4.19. The zero-order valence-corrected chi connectivity index (χ0v) is 9.06. The highest BCUT2D eigenvalue weighted by atomic mass is 32.1. The molecule has 1 aromatic rings. The van der Waals surface area contributed by atoms with Gasteiger partial charge in [0.25, 0.3) is 5.91 Å². The second-order valence-corrected chi connectivity index (χ2v) is 3.63. The smallest absolute Gasteiger partial charge is 0.271 e. The quantitative estimate of drug-likeness (QED) is 0.620. The fourth-order valence-electron chi connectivity index (χ4n) is 0.848. The first-order valence-corrected chi connectivity index (χ1v) is 5.18. The SMILES string of the molecule is CNC(=O)CNC(=O)c1csc(CN)n1. The van der Waals surface area contributed by atoms with Gasteiger partial charge in [0.1, 0.15) is 10.7 Å². The van der Waals surface area contributed by atoms with Crippen LogP contribution in [0, 0.1) is 0 Å². The van der Waals surface area contributed by atoms with Crippen LogP contribution in [-0.4, -0.2) is 30.4 Å². The van der Waals surface area contributed by atoms with Crippen LogP contribution in [-0.2, 0) is 11.3 Å². The van der Waals surface area contributed by atoms with Gasteiger partial charge < -0.3 is 16.4 Å². The maximum atomic E-state index is 11.4. The van der Waals surface area contributed by atoms with E-state index in [1.165, 1.54) is 18.4 Å². The number of nitrogens with two attached hydrogens (primary N) is 1. The number of likely N-dealkylation sites (N-methyl/N-ethyl adjacent to an activating group) is 1. The van der Waals surface area contributed by atoms with E-state index in [9.17, 15) is 9.59 Å². The van der Waals surface area contributed by atoms with Crippen molar-refractivity contribution in [3.05, 3.63) is 16.1 Å². The summed E-state index contributed by atoms with van der Waals surface area (Å²) in [6.45, 7) is 0.262. The zero-order chi connectivity index (χ0) is 11.3. The summed E-state index contributed by atoms with van der Waals surface area (Å²) in [7, 11) is 1.50. The van der Waals surface area contributed by atoms with Crippen molar-refractivity contribution < 1.29 is 9.59 Å². The normalized spacial score (nSPS) is 9.73. The average molecular weight is 228 g/mol. The van der Waals surface area contributed by atoms with Crippen LogP contribution in [0.15, 0.2) is 5.38 Å². The van der Waals surface area contributed by atoms with Crippen LogP contribution < -0.4 is 16.4 Å². The summed E-state index contributed by atoms with van der Waals surface area (Å²) in [6.07, 6.45) is 0. The first-order valence-electron chi connectivity index (χ1n) is 4.30. The standard InChI is InChI=1S/C8H12N4O2S/c1-10-6(13)3-11-8(14)5-4-15-7(2-9)12-5/h4H,2-3,9H2,1H3,(H,10,13)(H,11,14). The Morgan fingerprint density at radius 2 is 2.33 bits per heavy atom. The minimum Gasteiger partial charge on any atom is -0.358 e. The van der Waals surface area contributed by atoms with Gasteiger partial charge in [-0.3, -0.25) is 9.59 Å². The van der Waals surface area contributed by atoms with Crippen molar-refractivity contribution in [2.24, 2.45) is 5.73 Å². The van der Waals surface area contributed by atoms with Crippen molar-refractivity contribution in [1.29, 1.82) is 0 Å². The molecule has 7 heteroatoms. The fourth-order valence-corrected chi connectivity index (χ4v) is 1.50. The molecule has 1 rings (SSSR count). The van der Waals surface area contributed by atoms with E-state index >= 15 is 0 Å². The van der Waals surface area contributed by atoms with Crippen molar-refractivity contribution in [3.63, 3.8) is 0 Å². The van der Waals surface area contributed by atoms with Crippen LogP contribution >= 0.6 is 11.3 Å². The highest BCUT2D eigenvalue weighted by molar-refractivity contribution is 7.09. The molecular formula is C8H12N4O2S. The Labute approximate surface area is 90.9 Å². The van der Waals surface area contributed by atoms with E-state index in [-0.39, 0.29) is 18.4 Å². The molecular weight excluding hydrogens is 216 g/mol. The molecule has 0 atom stereocenters. The van der Waals surface area contributed by atoms with Gasteiger partial charge in [-0.25, -0.2) is 4.98 Å². The maximum Gasteiger partial charge on any atom is 0.271 e. The topological polar surface area (TPSA) is 97.1 Å². The van der Waals surface area contributed by atoms with Gasteiger partial charge in [-0.15, -0.1) is 11.3 Å². The second-order valence-electron chi connectivity index (χ2n) is 2.69. The third-order valence-corrected chi connectivity index (χ3v) is 2.52. The number of rotatable bonds is 4. The number of carbonyl (C=O) groups is 2. The predicted molar refractivity (Wildman–Crippen MR) is 56.4 cm³/mol. The number of carbonyl (C=O) groups excluding carboxylic acids is 2. The summed E-state index contributed by atoms with van der Waals surface area (Å²) in [5.74, 6) is -0.618. The molecule has 0 radical (unpaired) electrons. The molecule has 0 fully saturated rings. The maximum absolute atomic E-state index is 11.4. The molecule has 0 aliphatic heterocycles. The Morgan fingerprint density at radius 3 is 2.87 bits per heavy atom. The third-order valence-electron chi connectivity index (χ3n) is 1.65. The second kappa shape index (κ2) is 5.42. The highest BCUT2D eigenvalue weighted by Crippen LogP contribution is 2.08. The van der Waals surface area contributed by atoms with E-state index in [4.69, 9.17) is 5.73 Å².